The zero-order valence-electron chi connectivity index (χ0n) is 32.6. The van der Waals surface area contributed by atoms with Gasteiger partial charge in [0.05, 0.1) is 44.9 Å². The second kappa shape index (κ2) is 17.2. The van der Waals surface area contributed by atoms with E-state index in [1.165, 1.54) is 51.7 Å². The number of hydrogen-bond donors (Lipinski definition) is 8. The van der Waals surface area contributed by atoms with Gasteiger partial charge in [-0.25, -0.2) is 58.6 Å². The number of fused-ring (bicyclic) bond motifs is 3. The molecule has 9 heterocycles. The molecule has 2 unspecified atom stereocenters. The van der Waals surface area contributed by atoms with Crippen LogP contribution in [0.15, 0.2) is 38.0 Å². The molecule has 3 fully saturated rings. The Hall–Kier alpha value is -4.78. The molecule has 6 aromatic heterocycles. The van der Waals surface area contributed by atoms with Gasteiger partial charge in [-0.15, -0.1) is 0 Å². The first-order valence-electron chi connectivity index (χ1n) is 18.9. The number of aromatic nitrogens is 12. The van der Waals surface area contributed by atoms with Gasteiger partial charge in [0.2, 0.25) is 0 Å². The van der Waals surface area contributed by atoms with Gasteiger partial charge in [0, 0.05) is 19.3 Å². The average molecular weight is 958 g/mol. The first-order valence-corrected chi connectivity index (χ1v) is 23.4. The maximum absolute atomic E-state index is 13.6. The topological polar surface area (TPSA) is 435 Å². The summed E-state index contributed by atoms with van der Waals surface area (Å²) in [5, 5.41) is 10.8. The van der Waals surface area contributed by atoms with Crippen LogP contribution in [-0.4, -0.2) is 140 Å². The Kier molecular flexibility index (Phi) is 12.0. The van der Waals surface area contributed by atoms with Crippen LogP contribution in [0.25, 0.3) is 33.5 Å². The number of phosphoric ester groups is 3. The molecule has 64 heavy (non-hydrogen) atoms. The molecule has 0 aromatic carbocycles. The number of ether oxygens (including phenoxy) is 3. The van der Waals surface area contributed by atoms with Gasteiger partial charge in [0.25, 0.3) is 0 Å². The summed E-state index contributed by atoms with van der Waals surface area (Å²) in [4.78, 5) is 77.5. The van der Waals surface area contributed by atoms with E-state index in [9.17, 15) is 38.4 Å². The van der Waals surface area contributed by atoms with E-state index in [2.05, 4.69) is 49.4 Å². The molecule has 0 aliphatic carbocycles. The molecule has 344 valence electrons. The van der Waals surface area contributed by atoms with Crippen LogP contribution >= 0.6 is 23.5 Å². The number of phosphoric acid groups is 3. The van der Waals surface area contributed by atoms with Crippen LogP contribution in [0, 0.1) is 0 Å². The van der Waals surface area contributed by atoms with Gasteiger partial charge in [0.1, 0.15) is 84.7 Å². The van der Waals surface area contributed by atoms with E-state index in [1.54, 1.807) is 0 Å². The maximum atomic E-state index is 13.6. The minimum atomic E-state index is -5.16. The van der Waals surface area contributed by atoms with Crippen LogP contribution in [0.2, 0.25) is 0 Å². The standard InChI is InChI=1S/C30H38N15O16P3/c31-25-22-28(37-7-34-25)43(10-40-22)19-1-13(46)16(57-19)4-55-63(50,51)61-15-3-21(45-12-42-24-27(33)36-9-39-30(24)45)59-18(15)6-56-64(52,53)60-14-2-20(58-17(14)5-54-62(47,48)49)44-11-41-23-26(32)35-8-38-29(23)44/h7-21,46H,1-6H2,(H,50,51)(H,52,53)(H2,31,34,37)(H2,32,35,38)(H2,33,36,39)(H2,47,48,49)/t13-,14-,15-,16+,17+,18+,19+,20+,21+/m0/s1. The SMILES string of the molecule is Nc1ncnc2c1ncn2[C@H]1C[C@H](OP(=O)(O)OC[C@H]2O[C@@H](n3cnc4c(N)ncnc43)C[C@@H]2OP(=O)(O)OC[C@H]2O[C@@H](n3cnc4c(N)ncnc43)C[C@@H]2O)[C@@H](COP(=O)(O)O)O1. The highest BCUT2D eigenvalue weighted by molar-refractivity contribution is 7.47. The molecule has 11 atom stereocenters. The van der Waals surface area contributed by atoms with Crippen LogP contribution < -0.4 is 17.2 Å². The van der Waals surface area contributed by atoms with Crippen molar-refractivity contribution in [3.8, 4) is 0 Å². The van der Waals surface area contributed by atoms with Gasteiger partial charge in [-0.2, -0.15) is 0 Å². The summed E-state index contributed by atoms with van der Waals surface area (Å²) in [7, 11) is -15.3. The van der Waals surface area contributed by atoms with E-state index in [-0.39, 0.29) is 59.0 Å². The van der Waals surface area contributed by atoms with Gasteiger partial charge in [0.15, 0.2) is 34.4 Å². The third-order valence-electron chi connectivity index (χ3n) is 10.4. The molecule has 11 N–H and O–H groups in total. The lowest BCUT2D eigenvalue weighted by Gasteiger charge is -2.24. The van der Waals surface area contributed by atoms with Crippen molar-refractivity contribution in [3.05, 3.63) is 38.0 Å². The van der Waals surface area contributed by atoms with E-state index < -0.39 is 98.6 Å². The van der Waals surface area contributed by atoms with Crippen LogP contribution in [0.3, 0.4) is 0 Å². The van der Waals surface area contributed by atoms with Crippen molar-refractivity contribution in [2.45, 2.75) is 74.6 Å². The summed E-state index contributed by atoms with van der Waals surface area (Å²) < 4.78 is 87.4. The Balaban J connectivity index is 0.892. The van der Waals surface area contributed by atoms with Gasteiger partial charge in [-0.05, 0) is 0 Å². The van der Waals surface area contributed by atoms with Gasteiger partial charge in [-0.3, -0.25) is 36.3 Å². The largest absolute Gasteiger partial charge is 0.472 e. The van der Waals surface area contributed by atoms with Crippen LogP contribution in [-0.2, 0) is 50.5 Å². The number of imidazole rings is 3. The Morgan fingerprint density at radius 3 is 1.31 bits per heavy atom. The summed E-state index contributed by atoms with van der Waals surface area (Å²) in [5.74, 6) is 0.248. The van der Waals surface area contributed by atoms with E-state index in [0.717, 1.165) is 0 Å². The molecule has 0 amide bonds. The monoisotopic (exact) mass is 957 g/mol. The molecule has 0 bridgehead atoms. The van der Waals surface area contributed by atoms with E-state index in [1.807, 2.05) is 0 Å². The second-order valence-electron chi connectivity index (χ2n) is 14.5. The molecule has 3 saturated heterocycles. The van der Waals surface area contributed by atoms with Crippen LogP contribution in [0.4, 0.5) is 17.5 Å². The zero-order chi connectivity index (χ0) is 45.1. The number of aliphatic hydroxyl groups is 1. The van der Waals surface area contributed by atoms with Crippen molar-refractivity contribution in [1.29, 1.82) is 0 Å². The number of aliphatic hydroxyl groups excluding tert-OH is 1. The number of nitrogen functional groups attached to an aromatic ring is 3. The van der Waals surface area contributed by atoms with Crippen molar-refractivity contribution < 1.29 is 75.2 Å². The molecule has 34 heteroatoms. The van der Waals surface area contributed by atoms with E-state index >= 15 is 0 Å². The summed E-state index contributed by atoms with van der Waals surface area (Å²) in [5.41, 5.74) is 19.3. The van der Waals surface area contributed by atoms with E-state index in [0.29, 0.717) is 11.2 Å². The van der Waals surface area contributed by atoms with Crippen LogP contribution in [0.5, 0.6) is 0 Å². The fourth-order valence-corrected chi connectivity index (χ4v) is 9.71. The predicted octanol–water partition coefficient (Wildman–Crippen LogP) is -0.410. The number of hydrogen-bond acceptors (Lipinski definition) is 24. The lowest BCUT2D eigenvalue weighted by Crippen LogP contribution is -2.31. The highest BCUT2D eigenvalue weighted by Crippen LogP contribution is 2.52. The minimum absolute atomic E-state index is 0.0311. The van der Waals surface area contributed by atoms with E-state index in [4.69, 9.17) is 49.5 Å². The lowest BCUT2D eigenvalue weighted by atomic mass is 10.2. The Bertz CT molecular complexity index is 2830. The molecule has 3 aliphatic heterocycles. The van der Waals surface area contributed by atoms with Gasteiger partial charge in [-0.1, -0.05) is 0 Å². The molecular formula is C30H38N15O16P3. The maximum Gasteiger partial charge on any atom is 0.472 e. The van der Waals surface area contributed by atoms with Crippen molar-refractivity contribution in [3.63, 3.8) is 0 Å². The summed E-state index contributed by atoms with van der Waals surface area (Å²) >= 11 is 0. The Morgan fingerprint density at radius 2 is 0.906 bits per heavy atom. The third-order valence-corrected chi connectivity index (χ3v) is 12.9. The second-order valence-corrected chi connectivity index (χ2v) is 18.6. The smallest absolute Gasteiger partial charge is 0.390 e. The fraction of sp³-hybridized carbons (Fsp3) is 0.500. The quantitative estimate of drug-likeness (QED) is 0.0572. The van der Waals surface area contributed by atoms with Crippen LogP contribution in [0.1, 0.15) is 37.9 Å². The van der Waals surface area contributed by atoms with Crippen molar-refractivity contribution in [1.82, 2.24) is 58.6 Å². The molecule has 0 radical (unpaired) electrons. The lowest BCUT2D eigenvalue weighted by molar-refractivity contribution is -0.0596. The first-order chi connectivity index (χ1) is 30.4. The van der Waals surface area contributed by atoms with Gasteiger partial charge < -0.3 is 56.1 Å². The Labute approximate surface area is 357 Å². The molecule has 3 aliphatic rings. The number of anilines is 3. The van der Waals surface area contributed by atoms with Gasteiger partial charge >= 0.3 is 23.5 Å². The molecule has 6 aromatic rings. The highest BCUT2D eigenvalue weighted by atomic mass is 31.2. The summed E-state index contributed by atoms with van der Waals surface area (Å²) in [6, 6.07) is 0. The highest BCUT2D eigenvalue weighted by Gasteiger charge is 2.47. The number of rotatable bonds is 16. The molecule has 31 nitrogen and oxygen atoms in total. The molecule has 0 spiro atoms. The van der Waals surface area contributed by atoms with Crippen molar-refractivity contribution >= 4 is 74.4 Å². The average Bonchev–Trinajstić information content (AvgIpc) is 4.09. The molecule has 9 rings (SSSR count). The third kappa shape index (κ3) is 9.20. The summed E-state index contributed by atoms with van der Waals surface area (Å²) in [6.45, 7) is -2.21. The van der Waals surface area contributed by atoms with Crippen molar-refractivity contribution in [2.75, 3.05) is 37.0 Å². The molecule has 0 saturated carbocycles. The predicted molar refractivity (Wildman–Crippen MR) is 210 cm³/mol. The zero-order valence-corrected chi connectivity index (χ0v) is 35.3. The number of nitrogens with zero attached hydrogens (tertiary/aromatic N) is 12. The Morgan fingerprint density at radius 1 is 0.547 bits per heavy atom. The minimum Gasteiger partial charge on any atom is -0.390 e. The fourth-order valence-electron chi connectivity index (χ4n) is 7.45. The first kappa shape index (κ1) is 44.4. The summed E-state index contributed by atoms with van der Waals surface area (Å²) in [6.07, 6.45) is -3.41. The normalized spacial score (nSPS) is 28.4. The number of nitrogens with two attached hydrogens (primary N) is 3. The van der Waals surface area contributed by atoms with Crippen molar-refractivity contribution in [2.24, 2.45) is 0 Å². The molecular weight excluding hydrogens is 919 g/mol.